The van der Waals surface area contributed by atoms with Crippen molar-refractivity contribution in [1.82, 2.24) is 0 Å². The zero-order valence-electron chi connectivity index (χ0n) is 15.1. The molecular weight excluding hydrogens is 400 g/mol. The number of thioether (sulfide) groups is 1. The fraction of sp³-hybridized carbons (Fsp3) is 0.429. The average Bonchev–Trinajstić information content (AvgIpc) is 3.08. The van der Waals surface area contributed by atoms with E-state index in [0.717, 1.165) is 29.0 Å². The number of hydrogen-bond donors (Lipinski definition) is 4. The fourth-order valence-electron chi connectivity index (χ4n) is 3.94. The molecule has 2 aliphatic rings. The maximum Gasteiger partial charge on any atom is 0.113 e. The van der Waals surface area contributed by atoms with Crippen LogP contribution in [0, 0.1) is 0 Å². The zero-order valence-corrected chi connectivity index (χ0v) is 16.7. The Labute approximate surface area is 172 Å². The van der Waals surface area contributed by atoms with Crippen LogP contribution in [-0.4, -0.2) is 56.7 Å². The van der Waals surface area contributed by atoms with Crippen LogP contribution in [0.2, 0.25) is 5.02 Å². The lowest BCUT2D eigenvalue weighted by Crippen LogP contribution is -2.55. The summed E-state index contributed by atoms with van der Waals surface area (Å²) in [7, 11) is 0. The van der Waals surface area contributed by atoms with Crippen molar-refractivity contribution in [1.29, 1.82) is 0 Å². The smallest absolute Gasteiger partial charge is 0.113 e. The summed E-state index contributed by atoms with van der Waals surface area (Å²) in [6.07, 6.45) is -3.89. The van der Waals surface area contributed by atoms with E-state index in [4.69, 9.17) is 16.3 Å². The molecule has 4 N–H and O–H groups in total. The van der Waals surface area contributed by atoms with E-state index in [0.29, 0.717) is 5.25 Å². The summed E-state index contributed by atoms with van der Waals surface area (Å²) in [4.78, 5) is 1.26. The molecule has 150 valence electrons. The second-order valence-electron chi connectivity index (χ2n) is 7.39. The minimum atomic E-state index is -1.37. The van der Waals surface area contributed by atoms with E-state index in [1.54, 1.807) is 0 Å². The molecule has 0 bridgehead atoms. The van der Waals surface area contributed by atoms with E-state index in [9.17, 15) is 20.4 Å². The highest BCUT2D eigenvalue weighted by molar-refractivity contribution is 8.00. The third kappa shape index (κ3) is 3.96. The van der Waals surface area contributed by atoms with Gasteiger partial charge in [0.1, 0.15) is 30.5 Å². The molecule has 7 heteroatoms. The lowest BCUT2D eigenvalue weighted by molar-refractivity contribution is -0.231. The van der Waals surface area contributed by atoms with Crippen molar-refractivity contribution in [2.75, 3.05) is 6.61 Å². The maximum atomic E-state index is 10.4. The Morgan fingerprint density at radius 1 is 1.04 bits per heavy atom. The molecule has 6 atom stereocenters. The summed E-state index contributed by atoms with van der Waals surface area (Å²) >= 11 is 7.94. The molecule has 2 aromatic rings. The SMILES string of the molecule is OC[C@H]1O[C@@H](c2cccc(CC3Cc4cc(Cl)ccc4S3)c2)[C@H](O)C(O)[C@@H]1O. The van der Waals surface area contributed by atoms with Crippen LogP contribution in [0.3, 0.4) is 0 Å². The van der Waals surface area contributed by atoms with Gasteiger partial charge in [-0.2, -0.15) is 0 Å². The molecule has 2 aromatic carbocycles. The standard InChI is InChI=1S/C21H23ClO5S/c22-14-4-5-17-13(8-14)9-15(28-17)7-11-2-1-3-12(6-11)21-20(26)19(25)18(24)16(10-23)27-21/h1-6,8,15-16,18-21,23-26H,7,9-10H2/t15?,16-,18-,19?,20-,21+/m1/s1. The summed E-state index contributed by atoms with van der Waals surface area (Å²) in [6.45, 7) is -0.430. The van der Waals surface area contributed by atoms with E-state index in [2.05, 4.69) is 6.07 Å². The number of aliphatic hydroxyl groups is 4. The molecule has 2 aliphatic heterocycles. The topological polar surface area (TPSA) is 90.2 Å². The second-order valence-corrected chi connectivity index (χ2v) is 9.17. The summed E-state index contributed by atoms with van der Waals surface area (Å²) < 4.78 is 5.68. The normalized spacial score (nSPS) is 32.3. The van der Waals surface area contributed by atoms with Crippen molar-refractivity contribution in [3.05, 3.63) is 64.2 Å². The number of benzene rings is 2. The van der Waals surface area contributed by atoms with Gasteiger partial charge in [0.05, 0.1) is 6.61 Å². The number of fused-ring (bicyclic) bond motifs is 1. The minimum absolute atomic E-state index is 0.401. The highest BCUT2D eigenvalue weighted by atomic mass is 35.5. The molecule has 28 heavy (non-hydrogen) atoms. The average molecular weight is 423 g/mol. The summed E-state index contributed by atoms with van der Waals surface area (Å²) in [5.74, 6) is 0. The Kier molecular flexibility index (Phi) is 5.99. The van der Waals surface area contributed by atoms with Gasteiger partial charge in [-0.15, -0.1) is 11.8 Å². The van der Waals surface area contributed by atoms with Crippen molar-refractivity contribution < 1.29 is 25.2 Å². The van der Waals surface area contributed by atoms with Crippen LogP contribution >= 0.6 is 23.4 Å². The molecular formula is C21H23ClO5S. The van der Waals surface area contributed by atoms with Gasteiger partial charge in [-0.25, -0.2) is 0 Å². The zero-order chi connectivity index (χ0) is 19.8. The van der Waals surface area contributed by atoms with Gasteiger partial charge in [-0.05, 0) is 47.7 Å². The number of ether oxygens (including phenoxy) is 1. The first-order chi connectivity index (χ1) is 13.5. The molecule has 0 saturated carbocycles. The Bertz CT molecular complexity index is 845. The summed E-state index contributed by atoms with van der Waals surface area (Å²) in [5.41, 5.74) is 3.09. The van der Waals surface area contributed by atoms with Gasteiger partial charge in [0, 0.05) is 15.2 Å². The van der Waals surface area contributed by atoms with Crippen molar-refractivity contribution in [3.8, 4) is 0 Å². The molecule has 0 aliphatic carbocycles. The fourth-order valence-corrected chi connectivity index (χ4v) is 5.47. The van der Waals surface area contributed by atoms with Crippen LogP contribution in [0.5, 0.6) is 0 Å². The number of aliphatic hydroxyl groups excluding tert-OH is 4. The van der Waals surface area contributed by atoms with Gasteiger partial charge in [-0.3, -0.25) is 0 Å². The van der Waals surface area contributed by atoms with Gasteiger partial charge < -0.3 is 25.2 Å². The van der Waals surface area contributed by atoms with Gasteiger partial charge in [-0.1, -0.05) is 35.9 Å². The predicted octanol–water partition coefficient (Wildman–Crippen LogP) is 2.11. The monoisotopic (exact) mass is 422 g/mol. The van der Waals surface area contributed by atoms with Crippen molar-refractivity contribution >= 4 is 23.4 Å². The Morgan fingerprint density at radius 2 is 1.86 bits per heavy atom. The number of hydrogen-bond acceptors (Lipinski definition) is 6. The van der Waals surface area contributed by atoms with E-state index in [1.807, 2.05) is 48.2 Å². The van der Waals surface area contributed by atoms with Crippen molar-refractivity contribution in [2.24, 2.45) is 0 Å². The Balaban J connectivity index is 1.49. The lowest BCUT2D eigenvalue weighted by atomic mass is 9.90. The minimum Gasteiger partial charge on any atom is -0.394 e. The van der Waals surface area contributed by atoms with E-state index in [1.165, 1.54) is 10.5 Å². The Morgan fingerprint density at radius 3 is 2.64 bits per heavy atom. The summed E-state index contributed by atoms with van der Waals surface area (Å²) in [6, 6.07) is 13.7. The van der Waals surface area contributed by atoms with Gasteiger partial charge in [0.25, 0.3) is 0 Å². The molecule has 1 fully saturated rings. The molecule has 2 unspecified atom stereocenters. The van der Waals surface area contributed by atoms with E-state index >= 15 is 0 Å². The van der Waals surface area contributed by atoms with Crippen LogP contribution < -0.4 is 0 Å². The van der Waals surface area contributed by atoms with E-state index in [-0.39, 0.29) is 0 Å². The summed E-state index contributed by atoms with van der Waals surface area (Å²) in [5, 5.41) is 40.9. The van der Waals surface area contributed by atoms with Crippen molar-refractivity contribution in [3.63, 3.8) is 0 Å². The largest absolute Gasteiger partial charge is 0.394 e. The third-order valence-corrected chi connectivity index (χ3v) is 6.95. The van der Waals surface area contributed by atoms with E-state index < -0.39 is 37.1 Å². The van der Waals surface area contributed by atoms with Crippen LogP contribution in [0.15, 0.2) is 47.4 Å². The van der Waals surface area contributed by atoms with Crippen LogP contribution in [0.4, 0.5) is 0 Å². The molecule has 0 aromatic heterocycles. The van der Waals surface area contributed by atoms with Crippen molar-refractivity contribution in [2.45, 2.75) is 53.5 Å². The first-order valence-corrected chi connectivity index (χ1v) is 10.6. The van der Waals surface area contributed by atoms with Gasteiger partial charge in [0.2, 0.25) is 0 Å². The van der Waals surface area contributed by atoms with Crippen LogP contribution in [0.1, 0.15) is 22.8 Å². The molecule has 4 rings (SSSR count). The second kappa shape index (κ2) is 8.32. The molecule has 0 spiro atoms. The maximum absolute atomic E-state index is 10.4. The van der Waals surface area contributed by atoms with Gasteiger partial charge in [0.15, 0.2) is 0 Å². The van der Waals surface area contributed by atoms with Crippen LogP contribution in [0.25, 0.3) is 0 Å². The number of halogens is 1. The predicted molar refractivity (Wildman–Crippen MR) is 108 cm³/mol. The molecule has 2 heterocycles. The first kappa shape index (κ1) is 20.2. The first-order valence-electron chi connectivity index (χ1n) is 9.30. The number of rotatable bonds is 4. The highest BCUT2D eigenvalue weighted by Gasteiger charge is 2.43. The van der Waals surface area contributed by atoms with Crippen LogP contribution in [-0.2, 0) is 17.6 Å². The Hall–Kier alpha value is -1.12. The molecule has 0 radical (unpaired) electrons. The molecule has 0 amide bonds. The quantitative estimate of drug-likeness (QED) is 0.603. The third-order valence-electron chi connectivity index (χ3n) is 5.40. The molecule has 1 saturated heterocycles. The molecule has 5 nitrogen and oxygen atoms in total. The lowest BCUT2D eigenvalue weighted by Gasteiger charge is -2.40. The van der Waals surface area contributed by atoms with Gasteiger partial charge >= 0.3 is 0 Å². The highest BCUT2D eigenvalue weighted by Crippen LogP contribution is 2.40.